The molecule has 8 nitrogen and oxygen atoms in total. The van der Waals surface area contributed by atoms with E-state index in [0.29, 0.717) is 37.5 Å². The number of hydrogen-bond donors (Lipinski definition) is 2. The molecule has 35 heavy (non-hydrogen) atoms. The van der Waals surface area contributed by atoms with Crippen LogP contribution in [-0.4, -0.2) is 56.2 Å². The number of carboxylic acid groups (broad SMARTS) is 1. The summed E-state index contributed by atoms with van der Waals surface area (Å²) in [4.78, 5) is 16.9. The molecule has 5 heterocycles. The van der Waals surface area contributed by atoms with E-state index < -0.39 is 11.6 Å². The molecule has 0 bridgehead atoms. The molecule has 2 aliphatic rings. The average molecular weight is 479 g/mol. The Bertz CT molecular complexity index is 1450. The number of halogens is 1. The standard InChI is InChI=1S/C26H27FN4O4/c1-14-9-18(3-4-19(14)27)31-20-10-16-12-28-30-24(16)29-22(20)21(23(31)15-5-7-34-8-6-15)17-11-26(2,25(32)33)35-13-17/h3-4,9-10,12,15,17H,5-8,11,13H2,1-2H3,(H,32,33)(H,28,29,30)/t17-,26+/m0/s1. The zero-order valence-electron chi connectivity index (χ0n) is 19.7. The van der Waals surface area contributed by atoms with E-state index in [1.54, 1.807) is 26.1 Å². The van der Waals surface area contributed by atoms with Crippen molar-refractivity contribution in [3.05, 3.63) is 53.1 Å². The van der Waals surface area contributed by atoms with Gasteiger partial charge in [0.2, 0.25) is 0 Å². The molecule has 182 valence electrons. The van der Waals surface area contributed by atoms with E-state index in [9.17, 15) is 14.3 Å². The largest absolute Gasteiger partial charge is 0.479 e. The Morgan fingerprint density at radius 2 is 2.06 bits per heavy atom. The lowest BCUT2D eigenvalue weighted by molar-refractivity contribution is -0.157. The third-order valence-corrected chi connectivity index (χ3v) is 7.53. The smallest absolute Gasteiger partial charge is 0.335 e. The van der Waals surface area contributed by atoms with Gasteiger partial charge in [0.15, 0.2) is 11.2 Å². The number of fused-ring (bicyclic) bond motifs is 2. The molecule has 0 radical (unpaired) electrons. The van der Waals surface area contributed by atoms with Gasteiger partial charge in [0.05, 0.1) is 23.8 Å². The lowest BCUT2D eigenvalue weighted by atomic mass is 9.85. The maximum atomic E-state index is 14.2. The molecule has 2 N–H and O–H groups in total. The number of hydrogen-bond acceptors (Lipinski definition) is 5. The second-order valence-electron chi connectivity index (χ2n) is 9.87. The Balaban J connectivity index is 1.67. The predicted molar refractivity (Wildman–Crippen MR) is 128 cm³/mol. The maximum absolute atomic E-state index is 14.2. The second kappa shape index (κ2) is 8.13. The summed E-state index contributed by atoms with van der Waals surface area (Å²) in [6.07, 6.45) is 3.77. The van der Waals surface area contributed by atoms with E-state index in [1.807, 2.05) is 6.07 Å². The SMILES string of the molecule is Cc1cc(-n2c(C3CCOCC3)c([C@@H]3CO[C@@](C)(C(=O)O)C3)c3nc4[nH]ncc4cc32)ccc1F. The first-order valence-electron chi connectivity index (χ1n) is 12.0. The highest BCUT2D eigenvalue weighted by Gasteiger charge is 2.46. The summed E-state index contributed by atoms with van der Waals surface area (Å²) in [5.74, 6) is -1.18. The fourth-order valence-electron chi connectivity index (χ4n) is 5.64. The molecule has 4 aromatic rings. The molecule has 2 atom stereocenters. The van der Waals surface area contributed by atoms with E-state index in [-0.39, 0.29) is 17.7 Å². The number of nitrogens with zero attached hydrogens (tertiary/aromatic N) is 3. The molecule has 0 amide bonds. The van der Waals surface area contributed by atoms with Crippen molar-refractivity contribution in [1.82, 2.24) is 19.7 Å². The molecule has 2 aliphatic heterocycles. The molecular weight excluding hydrogens is 451 g/mol. The van der Waals surface area contributed by atoms with Crippen molar-refractivity contribution >= 4 is 28.0 Å². The van der Waals surface area contributed by atoms with Crippen molar-refractivity contribution in [2.75, 3.05) is 19.8 Å². The first kappa shape index (κ1) is 22.2. The van der Waals surface area contributed by atoms with Gasteiger partial charge in [-0.1, -0.05) is 0 Å². The molecule has 2 fully saturated rings. The molecule has 1 aromatic carbocycles. The van der Waals surface area contributed by atoms with Crippen LogP contribution in [0.15, 0.2) is 30.5 Å². The Hall–Kier alpha value is -3.30. The number of aromatic amines is 1. The summed E-state index contributed by atoms with van der Waals surface area (Å²) >= 11 is 0. The minimum atomic E-state index is -1.25. The van der Waals surface area contributed by atoms with Gasteiger partial charge in [0, 0.05) is 47.4 Å². The fourth-order valence-corrected chi connectivity index (χ4v) is 5.64. The Labute approximate surface area is 201 Å². The molecule has 0 unspecified atom stereocenters. The number of aromatic nitrogens is 4. The first-order chi connectivity index (χ1) is 16.9. The molecule has 0 aliphatic carbocycles. The van der Waals surface area contributed by atoms with Crippen molar-refractivity contribution < 1.29 is 23.8 Å². The van der Waals surface area contributed by atoms with E-state index in [0.717, 1.165) is 46.2 Å². The van der Waals surface area contributed by atoms with Gasteiger partial charge in [-0.15, -0.1) is 0 Å². The topological polar surface area (TPSA) is 102 Å². The van der Waals surface area contributed by atoms with E-state index in [1.165, 1.54) is 6.07 Å². The number of ether oxygens (including phenoxy) is 2. The second-order valence-corrected chi connectivity index (χ2v) is 9.87. The van der Waals surface area contributed by atoms with E-state index in [4.69, 9.17) is 14.5 Å². The number of aliphatic carboxylic acids is 1. The van der Waals surface area contributed by atoms with Gasteiger partial charge in [0.25, 0.3) is 0 Å². The molecular formula is C26H27FN4O4. The van der Waals surface area contributed by atoms with Gasteiger partial charge in [-0.25, -0.2) is 14.2 Å². The number of aryl methyl sites for hydroxylation is 1. The molecule has 0 saturated carbocycles. The van der Waals surface area contributed by atoms with Gasteiger partial charge in [-0.2, -0.15) is 5.10 Å². The van der Waals surface area contributed by atoms with Crippen LogP contribution >= 0.6 is 0 Å². The number of carbonyl (C=O) groups is 1. The molecule has 2 saturated heterocycles. The lowest BCUT2D eigenvalue weighted by Crippen LogP contribution is -2.34. The van der Waals surface area contributed by atoms with E-state index in [2.05, 4.69) is 20.8 Å². The Morgan fingerprint density at radius 3 is 2.77 bits per heavy atom. The van der Waals surface area contributed by atoms with Crippen LogP contribution in [0.1, 0.15) is 54.8 Å². The molecule has 9 heteroatoms. The third kappa shape index (κ3) is 3.52. The third-order valence-electron chi connectivity index (χ3n) is 7.53. The highest BCUT2D eigenvalue weighted by atomic mass is 19.1. The van der Waals surface area contributed by atoms with Crippen molar-refractivity contribution in [3.8, 4) is 5.69 Å². The Morgan fingerprint density at radius 1 is 1.26 bits per heavy atom. The minimum absolute atomic E-state index is 0.146. The molecule has 0 spiro atoms. The molecule has 6 rings (SSSR count). The van der Waals surface area contributed by atoms with Crippen LogP contribution in [0.2, 0.25) is 0 Å². The summed E-state index contributed by atoms with van der Waals surface area (Å²) in [7, 11) is 0. The van der Waals surface area contributed by atoms with Crippen LogP contribution in [0, 0.1) is 12.7 Å². The highest BCUT2D eigenvalue weighted by Crippen LogP contribution is 2.46. The van der Waals surface area contributed by atoms with Crippen LogP contribution < -0.4 is 0 Å². The zero-order chi connectivity index (χ0) is 24.3. The van der Waals surface area contributed by atoms with Crippen LogP contribution in [0.25, 0.3) is 27.8 Å². The maximum Gasteiger partial charge on any atom is 0.335 e. The number of benzene rings is 1. The van der Waals surface area contributed by atoms with Crippen molar-refractivity contribution in [1.29, 1.82) is 0 Å². The summed E-state index contributed by atoms with van der Waals surface area (Å²) in [5, 5.41) is 17.8. The van der Waals surface area contributed by atoms with Crippen LogP contribution in [0.3, 0.4) is 0 Å². The minimum Gasteiger partial charge on any atom is -0.479 e. The van der Waals surface area contributed by atoms with Gasteiger partial charge in [-0.3, -0.25) is 5.10 Å². The monoisotopic (exact) mass is 478 g/mol. The van der Waals surface area contributed by atoms with Crippen molar-refractivity contribution in [3.63, 3.8) is 0 Å². The summed E-state index contributed by atoms with van der Waals surface area (Å²) in [5.41, 5.74) is 4.62. The Kier molecular flexibility index (Phi) is 5.16. The average Bonchev–Trinajstić information content (AvgIpc) is 3.55. The van der Waals surface area contributed by atoms with E-state index >= 15 is 0 Å². The molecule has 3 aromatic heterocycles. The quantitative estimate of drug-likeness (QED) is 0.445. The zero-order valence-corrected chi connectivity index (χ0v) is 19.7. The number of nitrogens with one attached hydrogen (secondary N) is 1. The lowest BCUT2D eigenvalue weighted by Gasteiger charge is -2.27. The normalized spacial score (nSPS) is 23.5. The summed E-state index contributed by atoms with van der Waals surface area (Å²) < 4.78 is 27.9. The van der Waals surface area contributed by atoms with Gasteiger partial charge in [-0.05, 0) is 62.9 Å². The summed E-state index contributed by atoms with van der Waals surface area (Å²) in [6, 6.07) is 7.19. The number of pyridine rings is 1. The van der Waals surface area contributed by atoms with Gasteiger partial charge in [0.1, 0.15) is 5.82 Å². The van der Waals surface area contributed by atoms with Gasteiger partial charge < -0.3 is 19.1 Å². The predicted octanol–water partition coefficient (Wildman–Crippen LogP) is 4.59. The number of H-pyrrole nitrogens is 1. The van der Waals surface area contributed by atoms with Crippen LogP contribution in [0.4, 0.5) is 4.39 Å². The fraction of sp³-hybridized carbons (Fsp3) is 0.423. The first-order valence-corrected chi connectivity index (χ1v) is 12.0. The number of rotatable bonds is 4. The van der Waals surface area contributed by atoms with Crippen molar-refractivity contribution in [2.24, 2.45) is 0 Å². The summed E-state index contributed by atoms with van der Waals surface area (Å²) in [6.45, 7) is 4.99. The van der Waals surface area contributed by atoms with Crippen LogP contribution in [-0.2, 0) is 14.3 Å². The van der Waals surface area contributed by atoms with Crippen LogP contribution in [0.5, 0.6) is 0 Å². The van der Waals surface area contributed by atoms with Gasteiger partial charge >= 0.3 is 5.97 Å². The van der Waals surface area contributed by atoms with Crippen molar-refractivity contribution in [2.45, 2.75) is 50.5 Å². The highest BCUT2D eigenvalue weighted by molar-refractivity contribution is 5.94. The number of carboxylic acids is 1.